The number of imidazole rings is 1. The van der Waals surface area contributed by atoms with Crippen LogP contribution in [-0.2, 0) is 17.8 Å². The molecule has 20 heavy (non-hydrogen) atoms. The van der Waals surface area contributed by atoms with Crippen molar-refractivity contribution < 1.29 is 9.53 Å². The Balaban J connectivity index is 2.03. The largest absolute Gasteiger partial charge is 0.495 e. The molecule has 0 fully saturated rings. The van der Waals surface area contributed by atoms with Crippen molar-refractivity contribution in [2.45, 2.75) is 26.3 Å². The number of amides is 1. The first kappa shape index (κ1) is 14.1. The van der Waals surface area contributed by atoms with Gasteiger partial charge in [0, 0.05) is 18.8 Å². The molecule has 0 spiro atoms. The fourth-order valence-corrected chi connectivity index (χ4v) is 2.03. The SMILES string of the molecule is CCCc1nccn1CC(=O)Nc1ccccc1OC. The third-order valence-electron chi connectivity index (χ3n) is 2.97. The molecular formula is C15H19N3O2. The summed E-state index contributed by atoms with van der Waals surface area (Å²) in [5, 5.41) is 2.86. The van der Waals surface area contributed by atoms with E-state index in [-0.39, 0.29) is 12.5 Å². The topological polar surface area (TPSA) is 56.2 Å². The summed E-state index contributed by atoms with van der Waals surface area (Å²) in [5.74, 6) is 1.49. The van der Waals surface area contributed by atoms with E-state index >= 15 is 0 Å². The van der Waals surface area contributed by atoms with Crippen LogP contribution in [0.4, 0.5) is 5.69 Å². The Kier molecular flexibility index (Phi) is 4.76. The molecule has 106 valence electrons. The molecule has 0 saturated carbocycles. The van der Waals surface area contributed by atoms with Gasteiger partial charge in [-0.2, -0.15) is 0 Å². The Morgan fingerprint density at radius 1 is 1.40 bits per heavy atom. The van der Waals surface area contributed by atoms with Gasteiger partial charge in [-0.05, 0) is 18.6 Å². The van der Waals surface area contributed by atoms with Crippen molar-refractivity contribution in [1.82, 2.24) is 9.55 Å². The lowest BCUT2D eigenvalue weighted by Gasteiger charge is -2.11. The van der Waals surface area contributed by atoms with E-state index in [9.17, 15) is 4.79 Å². The summed E-state index contributed by atoms with van der Waals surface area (Å²) in [6, 6.07) is 7.36. The minimum atomic E-state index is -0.0927. The Hall–Kier alpha value is -2.30. The van der Waals surface area contributed by atoms with Crippen molar-refractivity contribution in [1.29, 1.82) is 0 Å². The number of carbonyl (C=O) groups excluding carboxylic acids is 1. The Morgan fingerprint density at radius 3 is 2.95 bits per heavy atom. The second-order valence-electron chi connectivity index (χ2n) is 4.47. The molecule has 1 aromatic carbocycles. The van der Waals surface area contributed by atoms with Crippen molar-refractivity contribution in [2.24, 2.45) is 0 Å². The van der Waals surface area contributed by atoms with Gasteiger partial charge >= 0.3 is 0 Å². The maximum absolute atomic E-state index is 12.1. The summed E-state index contributed by atoms with van der Waals surface area (Å²) in [4.78, 5) is 16.3. The number of hydrogen-bond donors (Lipinski definition) is 1. The van der Waals surface area contributed by atoms with Crippen LogP contribution in [0.2, 0.25) is 0 Å². The number of carbonyl (C=O) groups is 1. The summed E-state index contributed by atoms with van der Waals surface area (Å²) in [7, 11) is 1.58. The molecule has 2 aromatic rings. The number of nitrogens with zero attached hydrogens (tertiary/aromatic N) is 2. The van der Waals surface area contributed by atoms with Crippen molar-refractivity contribution in [2.75, 3.05) is 12.4 Å². The predicted octanol–water partition coefficient (Wildman–Crippen LogP) is 2.48. The van der Waals surface area contributed by atoms with Gasteiger partial charge in [0.2, 0.25) is 5.91 Å². The maximum Gasteiger partial charge on any atom is 0.244 e. The zero-order valence-corrected chi connectivity index (χ0v) is 11.8. The number of ether oxygens (including phenoxy) is 1. The highest BCUT2D eigenvalue weighted by Gasteiger charge is 2.09. The van der Waals surface area contributed by atoms with Crippen LogP contribution in [0.3, 0.4) is 0 Å². The second-order valence-corrected chi connectivity index (χ2v) is 4.47. The predicted molar refractivity (Wildman–Crippen MR) is 77.8 cm³/mol. The number of aryl methyl sites for hydroxylation is 1. The molecule has 1 aromatic heterocycles. The number of methoxy groups -OCH3 is 1. The molecule has 0 unspecified atom stereocenters. The first-order valence-electron chi connectivity index (χ1n) is 6.67. The Morgan fingerprint density at radius 2 is 2.20 bits per heavy atom. The molecule has 0 atom stereocenters. The van der Waals surface area contributed by atoms with Gasteiger partial charge in [-0.1, -0.05) is 19.1 Å². The van der Waals surface area contributed by atoms with E-state index in [1.54, 1.807) is 13.3 Å². The second kappa shape index (κ2) is 6.75. The first-order chi connectivity index (χ1) is 9.74. The van der Waals surface area contributed by atoms with Crippen LogP contribution in [0.5, 0.6) is 5.75 Å². The lowest BCUT2D eigenvalue weighted by Crippen LogP contribution is -2.20. The van der Waals surface area contributed by atoms with Gasteiger partial charge in [0.15, 0.2) is 0 Å². The van der Waals surface area contributed by atoms with Gasteiger partial charge in [0.25, 0.3) is 0 Å². The van der Waals surface area contributed by atoms with Crippen molar-refractivity contribution in [3.8, 4) is 5.75 Å². The minimum Gasteiger partial charge on any atom is -0.495 e. The van der Waals surface area contributed by atoms with Crippen molar-refractivity contribution in [3.05, 3.63) is 42.5 Å². The first-order valence-corrected chi connectivity index (χ1v) is 6.67. The highest BCUT2D eigenvalue weighted by molar-refractivity contribution is 5.92. The third kappa shape index (κ3) is 3.38. The number of hydrogen-bond acceptors (Lipinski definition) is 3. The van der Waals surface area contributed by atoms with Crippen LogP contribution in [0.15, 0.2) is 36.7 Å². The molecule has 0 aliphatic carbocycles. The number of nitrogens with one attached hydrogen (secondary N) is 1. The van der Waals surface area contributed by atoms with E-state index in [0.29, 0.717) is 11.4 Å². The van der Waals surface area contributed by atoms with E-state index in [0.717, 1.165) is 18.7 Å². The number of aromatic nitrogens is 2. The number of para-hydroxylation sites is 2. The average Bonchev–Trinajstić information content (AvgIpc) is 2.87. The lowest BCUT2D eigenvalue weighted by atomic mass is 10.3. The normalized spacial score (nSPS) is 10.3. The maximum atomic E-state index is 12.1. The Bertz CT molecular complexity index is 578. The fraction of sp³-hybridized carbons (Fsp3) is 0.333. The monoisotopic (exact) mass is 273 g/mol. The molecule has 5 heteroatoms. The number of anilines is 1. The highest BCUT2D eigenvalue weighted by Crippen LogP contribution is 2.22. The smallest absolute Gasteiger partial charge is 0.244 e. The van der Waals surface area contributed by atoms with E-state index in [1.165, 1.54) is 0 Å². The molecule has 1 N–H and O–H groups in total. The summed E-state index contributed by atoms with van der Waals surface area (Å²) < 4.78 is 7.08. The minimum absolute atomic E-state index is 0.0927. The molecule has 0 bridgehead atoms. The molecule has 0 aliphatic heterocycles. The van der Waals surface area contributed by atoms with Gasteiger partial charge in [0.1, 0.15) is 18.1 Å². The van der Waals surface area contributed by atoms with Crippen LogP contribution in [0, 0.1) is 0 Å². The number of rotatable bonds is 6. The fourth-order valence-electron chi connectivity index (χ4n) is 2.03. The standard InChI is InChI=1S/C15H19N3O2/c1-3-6-14-16-9-10-18(14)11-15(19)17-12-7-4-5-8-13(12)20-2/h4-5,7-10H,3,6,11H2,1-2H3,(H,17,19). The van der Waals surface area contributed by atoms with E-state index in [1.807, 2.05) is 35.0 Å². The molecule has 1 heterocycles. The third-order valence-corrected chi connectivity index (χ3v) is 2.97. The molecule has 0 saturated heterocycles. The highest BCUT2D eigenvalue weighted by atomic mass is 16.5. The summed E-state index contributed by atoms with van der Waals surface area (Å²) in [6.07, 6.45) is 5.42. The van der Waals surface area contributed by atoms with Gasteiger partial charge in [0.05, 0.1) is 12.8 Å². The zero-order valence-electron chi connectivity index (χ0n) is 11.8. The summed E-state index contributed by atoms with van der Waals surface area (Å²) in [6.45, 7) is 2.35. The van der Waals surface area contributed by atoms with Crippen LogP contribution >= 0.6 is 0 Å². The van der Waals surface area contributed by atoms with Crippen molar-refractivity contribution >= 4 is 11.6 Å². The van der Waals surface area contributed by atoms with Crippen LogP contribution in [0.1, 0.15) is 19.2 Å². The molecule has 0 radical (unpaired) electrons. The average molecular weight is 273 g/mol. The molecule has 5 nitrogen and oxygen atoms in total. The zero-order chi connectivity index (χ0) is 14.4. The lowest BCUT2D eigenvalue weighted by molar-refractivity contribution is -0.116. The molecule has 0 aliphatic rings. The Labute approximate surface area is 118 Å². The van der Waals surface area contributed by atoms with Gasteiger partial charge in [-0.25, -0.2) is 4.98 Å². The van der Waals surface area contributed by atoms with Crippen LogP contribution in [-0.4, -0.2) is 22.6 Å². The number of benzene rings is 1. The van der Waals surface area contributed by atoms with Crippen LogP contribution < -0.4 is 10.1 Å². The van der Waals surface area contributed by atoms with Crippen molar-refractivity contribution in [3.63, 3.8) is 0 Å². The quantitative estimate of drug-likeness (QED) is 0.879. The molecule has 2 rings (SSSR count). The van der Waals surface area contributed by atoms with Crippen LogP contribution in [0.25, 0.3) is 0 Å². The molecule has 1 amide bonds. The van der Waals surface area contributed by atoms with E-state index in [2.05, 4.69) is 17.2 Å². The summed E-state index contributed by atoms with van der Waals surface area (Å²) >= 11 is 0. The molecular weight excluding hydrogens is 254 g/mol. The van der Waals surface area contributed by atoms with Gasteiger partial charge < -0.3 is 14.6 Å². The summed E-state index contributed by atoms with van der Waals surface area (Å²) in [5.41, 5.74) is 0.678. The van der Waals surface area contributed by atoms with E-state index < -0.39 is 0 Å². The van der Waals surface area contributed by atoms with E-state index in [4.69, 9.17) is 4.74 Å². The van der Waals surface area contributed by atoms with Gasteiger partial charge in [-0.15, -0.1) is 0 Å². The van der Waals surface area contributed by atoms with Gasteiger partial charge in [-0.3, -0.25) is 4.79 Å².